The summed E-state index contributed by atoms with van der Waals surface area (Å²) in [7, 11) is 0. The standard InChI is InChI=1S/C21H25N13O2/c1-13-6-3-4-9-32(13)11-17-18(25-30-34(17)20-19(22)27-36-28-20)21(35)26-24-14(2)15-7-5-8-16(10-15)33-12-23-29-31-33/h5,7-8,10,12-13H,3-4,6,9,11H2,1-2H3,(H2,22,27)(H,26,35)/b24-14+/t13-/m1/s1. The normalized spacial score (nSPS) is 16.8. The monoisotopic (exact) mass is 491 g/mol. The zero-order valence-electron chi connectivity index (χ0n) is 19.8. The van der Waals surface area contributed by atoms with E-state index >= 15 is 0 Å². The van der Waals surface area contributed by atoms with Gasteiger partial charge in [0.25, 0.3) is 5.91 Å². The summed E-state index contributed by atoms with van der Waals surface area (Å²) < 4.78 is 7.67. The van der Waals surface area contributed by atoms with Crippen molar-refractivity contribution in [2.45, 2.75) is 45.7 Å². The number of hydrazone groups is 1. The third-order valence-electron chi connectivity index (χ3n) is 6.17. The molecular formula is C21H25N13O2. The number of nitrogens with one attached hydrogen (secondary N) is 1. The molecule has 0 aliphatic carbocycles. The molecule has 36 heavy (non-hydrogen) atoms. The second-order valence-corrected chi connectivity index (χ2v) is 8.53. The Kier molecular flexibility index (Phi) is 6.44. The second kappa shape index (κ2) is 9.99. The molecule has 0 spiro atoms. The van der Waals surface area contributed by atoms with Crippen LogP contribution < -0.4 is 11.2 Å². The summed E-state index contributed by atoms with van der Waals surface area (Å²) in [6, 6.07) is 7.80. The Morgan fingerprint density at radius 1 is 1.28 bits per heavy atom. The maximum Gasteiger partial charge on any atom is 0.293 e. The fraction of sp³-hybridized carbons (Fsp3) is 0.381. The average molecular weight is 492 g/mol. The molecule has 1 aromatic carbocycles. The van der Waals surface area contributed by atoms with Crippen molar-refractivity contribution in [1.29, 1.82) is 0 Å². The first-order chi connectivity index (χ1) is 17.5. The second-order valence-electron chi connectivity index (χ2n) is 8.53. The van der Waals surface area contributed by atoms with E-state index in [-0.39, 0.29) is 17.3 Å². The molecule has 15 heteroatoms. The average Bonchev–Trinajstić information content (AvgIpc) is 3.65. The molecule has 1 fully saturated rings. The molecule has 4 aromatic rings. The van der Waals surface area contributed by atoms with Gasteiger partial charge in [-0.3, -0.25) is 9.69 Å². The van der Waals surface area contributed by atoms with E-state index in [0.29, 0.717) is 24.0 Å². The number of benzene rings is 1. The van der Waals surface area contributed by atoms with Gasteiger partial charge in [0.15, 0.2) is 5.69 Å². The number of carbonyl (C=O) groups is 1. The summed E-state index contributed by atoms with van der Waals surface area (Å²) >= 11 is 0. The first-order valence-corrected chi connectivity index (χ1v) is 11.5. The molecule has 4 heterocycles. The molecule has 0 saturated carbocycles. The predicted molar refractivity (Wildman–Crippen MR) is 126 cm³/mol. The molecule has 1 aliphatic rings. The van der Waals surface area contributed by atoms with Crippen LogP contribution in [-0.2, 0) is 6.54 Å². The van der Waals surface area contributed by atoms with E-state index in [1.54, 1.807) is 6.92 Å². The Bertz CT molecular complexity index is 1370. The number of rotatable bonds is 7. The Balaban J connectivity index is 1.40. The minimum atomic E-state index is -0.507. The highest BCUT2D eigenvalue weighted by molar-refractivity contribution is 6.01. The Morgan fingerprint density at radius 2 is 2.17 bits per heavy atom. The molecule has 3 N–H and O–H groups in total. The SMILES string of the molecule is C/C(=N\NC(=O)c1nnn(-c2nonc2N)c1CN1CCCC[C@H]1C)c1cccc(-n2cnnn2)c1. The van der Waals surface area contributed by atoms with Gasteiger partial charge in [-0.1, -0.05) is 23.8 Å². The van der Waals surface area contributed by atoms with Gasteiger partial charge in [0, 0.05) is 12.6 Å². The van der Waals surface area contributed by atoms with Gasteiger partial charge in [-0.05, 0) is 71.7 Å². The molecule has 5 rings (SSSR count). The number of nitrogen functional groups attached to an aromatic ring is 1. The van der Waals surface area contributed by atoms with Gasteiger partial charge >= 0.3 is 0 Å². The topological polar surface area (TPSA) is 184 Å². The zero-order valence-corrected chi connectivity index (χ0v) is 19.8. The maximum absolute atomic E-state index is 13.2. The van der Waals surface area contributed by atoms with Crippen LogP contribution in [0.2, 0.25) is 0 Å². The molecule has 186 valence electrons. The third-order valence-corrected chi connectivity index (χ3v) is 6.17. The van der Waals surface area contributed by atoms with E-state index in [0.717, 1.165) is 30.6 Å². The highest BCUT2D eigenvalue weighted by Gasteiger charge is 2.28. The van der Waals surface area contributed by atoms with Gasteiger partial charge in [-0.25, -0.2) is 14.7 Å². The molecular weight excluding hydrogens is 466 g/mol. The number of nitrogens with two attached hydrogens (primary N) is 1. The van der Waals surface area contributed by atoms with Gasteiger partial charge < -0.3 is 5.73 Å². The zero-order chi connectivity index (χ0) is 25.1. The molecule has 0 unspecified atom stereocenters. The van der Waals surface area contributed by atoms with Gasteiger partial charge in [-0.15, -0.1) is 10.2 Å². The van der Waals surface area contributed by atoms with Crippen LogP contribution >= 0.6 is 0 Å². The number of hydrogen-bond donors (Lipinski definition) is 2. The van der Waals surface area contributed by atoms with Crippen LogP contribution in [0.4, 0.5) is 5.82 Å². The molecule has 1 saturated heterocycles. The lowest BCUT2D eigenvalue weighted by Crippen LogP contribution is -2.38. The van der Waals surface area contributed by atoms with Crippen molar-refractivity contribution in [2.24, 2.45) is 5.10 Å². The smallest absolute Gasteiger partial charge is 0.293 e. The van der Waals surface area contributed by atoms with Crippen LogP contribution in [0, 0.1) is 0 Å². The minimum absolute atomic E-state index is 0.0520. The summed E-state index contributed by atoms with van der Waals surface area (Å²) in [5.74, 6) is -0.275. The number of carbonyl (C=O) groups excluding carboxylic acids is 1. The van der Waals surface area contributed by atoms with Crippen LogP contribution in [0.5, 0.6) is 0 Å². The lowest BCUT2D eigenvalue weighted by molar-refractivity contribution is 0.0944. The van der Waals surface area contributed by atoms with Gasteiger partial charge in [0.05, 0.1) is 17.1 Å². The van der Waals surface area contributed by atoms with Crippen molar-refractivity contribution < 1.29 is 9.42 Å². The van der Waals surface area contributed by atoms with Crippen molar-refractivity contribution in [3.63, 3.8) is 0 Å². The Morgan fingerprint density at radius 3 is 2.92 bits per heavy atom. The predicted octanol–water partition coefficient (Wildman–Crippen LogP) is 0.737. The van der Waals surface area contributed by atoms with Crippen LogP contribution in [0.1, 0.15) is 54.9 Å². The summed E-state index contributed by atoms with van der Waals surface area (Å²) in [5, 5.41) is 31.2. The Hall–Kier alpha value is -4.53. The third kappa shape index (κ3) is 4.68. The number of piperidine rings is 1. The van der Waals surface area contributed by atoms with Crippen LogP contribution in [0.15, 0.2) is 40.3 Å². The van der Waals surface area contributed by atoms with Gasteiger partial charge in [-0.2, -0.15) is 9.78 Å². The van der Waals surface area contributed by atoms with E-state index in [1.807, 2.05) is 24.3 Å². The number of amides is 1. The van der Waals surface area contributed by atoms with E-state index in [9.17, 15) is 4.79 Å². The molecule has 0 radical (unpaired) electrons. The summed E-state index contributed by atoms with van der Waals surface area (Å²) in [4.78, 5) is 15.4. The molecule has 0 bridgehead atoms. The Labute approximate surface area is 205 Å². The van der Waals surface area contributed by atoms with Crippen LogP contribution in [-0.4, -0.2) is 74.6 Å². The van der Waals surface area contributed by atoms with Crippen molar-refractivity contribution in [2.75, 3.05) is 12.3 Å². The van der Waals surface area contributed by atoms with Gasteiger partial charge in [0.1, 0.15) is 6.33 Å². The van der Waals surface area contributed by atoms with Crippen molar-refractivity contribution >= 4 is 17.4 Å². The molecule has 15 nitrogen and oxygen atoms in total. The van der Waals surface area contributed by atoms with E-state index in [1.165, 1.54) is 22.1 Å². The fourth-order valence-electron chi connectivity index (χ4n) is 4.12. The highest BCUT2D eigenvalue weighted by Crippen LogP contribution is 2.23. The first kappa shape index (κ1) is 23.2. The van der Waals surface area contributed by atoms with E-state index < -0.39 is 5.91 Å². The minimum Gasteiger partial charge on any atom is -0.378 e. The van der Waals surface area contributed by atoms with Gasteiger partial charge in [0.2, 0.25) is 11.6 Å². The van der Waals surface area contributed by atoms with E-state index in [4.69, 9.17) is 10.4 Å². The number of tetrazole rings is 1. The van der Waals surface area contributed by atoms with Crippen molar-refractivity contribution in [3.8, 4) is 11.5 Å². The summed E-state index contributed by atoms with van der Waals surface area (Å²) in [5.41, 5.74) is 11.3. The number of anilines is 1. The molecule has 1 atom stereocenters. The molecule has 3 aromatic heterocycles. The van der Waals surface area contributed by atoms with Crippen LogP contribution in [0.3, 0.4) is 0 Å². The highest BCUT2D eigenvalue weighted by atomic mass is 16.6. The van der Waals surface area contributed by atoms with Crippen LogP contribution in [0.25, 0.3) is 11.5 Å². The van der Waals surface area contributed by atoms with E-state index in [2.05, 4.69) is 58.5 Å². The van der Waals surface area contributed by atoms with Crippen molar-refractivity contribution in [1.82, 2.24) is 55.8 Å². The summed E-state index contributed by atoms with van der Waals surface area (Å²) in [6.45, 7) is 5.28. The maximum atomic E-state index is 13.2. The number of likely N-dealkylation sites (tertiary alicyclic amines) is 1. The quantitative estimate of drug-likeness (QED) is 0.274. The lowest BCUT2D eigenvalue weighted by Gasteiger charge is -2.33. The number of aromatic nitrogens is 9. The number of hydrogen-bond acceptors (Lipinski definition) is 12. The summed E-state index contributed by atoms with van der Waals surface area (Å²) in [6.07, 6.45) is 4.82. The largest absolute Gasteiger partial charge is 0.378 e. The fourth-order valence-corrected chi connectivity index (χ4v) is 4.12. The van der Waals surface area contributed by atoms with Crippen molar-refractivity contribution in [3.05, 3.63) is 47.5 Å². The molecule has 1 aliphatic heterocycles. The lowest BCUT2D eigenvalue weighted by atomic mass is 10.0. The molecule has 1 amide bonds. The first-order valence-electron chi connectivity index (χ1n) is 11.5. The number of nitrogens with zero attached hydrogens (tertiary/aromatic N) is 11.